The highest BCUT2D eigenvalue weighted by atomic mass is 35.5. The molecule has 0 aliphatic rings. The maximum atomic E-state index is 5.93. The van der Waals surface area contributed by atoms with Gasteiger partial charge in [0, 0.05) is 12.3 Å². The summed E-state index contributed by atoms with van der Waals surface area (Å²) < 4.78 is 0. The number of aryl methyl sites for hydroxylation is 2. The Balaban J connectivity index is 1.87. The van der Waals surface area contributed by atoms with Gasteiger partial charge in [0.1, 0.15) is 16.8 Å². The molecule has 0 radical (unpaired) electrons. The number of thiazole rings is 1. The largest absolute Gasteiger partial charge is 0.316 e. The van der Waals surface area contributed by atoms with Crippen molar-refractivity contribution in [1.82, 2.24) is 15.0 Å². The first-order valence-corrected chi connectivity index (χ1v) is 7.61. The Bertz CT molecular complexity index is 765. The standard InChI is InChI=1S/C15H13ClN4S/c1-9-5-3-4-6-11(9)12-8-17-15(21-12)20-14-7-13(16)18-10(2)19-14/h3-8H,1-2H3,(H,17,18,19,20). The monoisotopic (exact) mass is 316 g/mol. The maximum absolute atomic E-state index is 5.93. The lowest BCUT2D eigenvalue weighted by Crippen LogP contribution is -1.96. The zero-order chi connectivity index (χ0) is 14.8. The third-order valence-electron chi connectivity index (χ3n) is 2.96. The molecule has 3 aromatic rings. The molecule has 1 N–H and O–H groups in total. The summed E-state index contributed by atoms with van der Waals surface area (Å²) in [5, 5.41) is 4.36. The van der Waals surface area contributed by atoms with E-state index < -0.39 is 0 Å². The molecule has 0 fully saturated rings. The first-order valence-electron chi connectivity index (χ1n) is 6.42. The molecule has 0 unspecified atom stereocenters. The van der Waals surface area contributed by atoms with Crippen LogP contribution in [0.1, 0.15) is 11.4 Å². The molecule has 3 rings (SSSR count). The fourth-order valence-corrected chi connectivity index (χ4v) is 3.15. The Morgan fingerprint density at radius 2 is 1.95 bits per heavy atom. The van der Waals surface area contributed by atoms with Crippen LogP contribution in [-0.2, 0) is 0 Å². The molecule has 0 saturated heterocycles. The van der Waals surface area contributed by atoms with E-state index in [2.05, 4.69) is 39.3 Å². The van der Waals surface area contributed by atoms with Crippen LogP contribution in [-0.4, -0.2) is 15.0 Å². The lowest BCUT2D eigenvalue weighted by Gasteiger charge is -2.03. The van der Waals surface area contributed by atoms with Crippen LogP contribution in [0.5, 0.6) is 0 Å². The van der Waals surface area contributed by atoms with E-state index in [0.29, 0.717) is 16.8 Å². The molecule has 4 nitrogen and oxygen atoms in total. The molecule has 1 aromatic carbocycles. The van der Waals surface area contributed by atoms with Gasteiger partial charge in [0.25, 0.3) is 0 Å². The Morgan fingerprint density at radius 3 is 2.71 bits per heavy atom. The number of benzene rings is 1. The fourth-order valence-electron chi connectivity index (χ4n) is 2.01. The number of aromatic nitrogens is 3. The van der Waals surface area contributed by atoms with Crippen molar-refractivity contribution in [3.63, 3.8) is 0 Å². The highest BCUT2D eigenvalue weighted by molar-refractivity contribution is 7.19. The predicted molar refractivity (Wildman–Crippen MR) is 87.3 cm³/mol. The summed E-state index contributed by atoms with van der Waals surface area (Å²) >= 11 is 7.51. The van der Waals surface area contributed by atoms with Gasteiger partial charge < -0.3 is 5.32 Å². The number of nitrogens with zero attached hydrogens (tertiary/aromatic N) is 3. The molecule has 0 saturated carbocycles. The first kappa shape index (κ1) is 14.0. The lowest BCUT2D eigenvalue weighted by molar-refractivity contribution is 1.06. The molecular weight excluding hydrogens is 304 g/mol. The topological polar surface area (TPSA) is 50.7 Å². The second-order valence-corrected chi connectivity index (χ2v) is 6.01. The summed E-state index contributed by atoms with van der Waals surface area (Å²) in [6, 6.07) is 9.94. The van der Waals surface area contributed by atoms with Gasteiger partial charge in [-0.3, -0.25) is 0 Å². The lowest BCUT2D eigenvalue weighted by atomic mass is 10.1. The molecule has 0 bridgehead atoms. The normalized spacial score (nSPS) is 10.6. The summed E-state index contributed by atoms with van der Waals surface area (Å²) in [4.78, 5) is 13.8. The van der Waals surface area contributed by atoms with Crippen LogP contribution in [0.4, 0.5) is 10.9 Å². The van der Waals surface area contributed by atoms with Crippen molar-refractivity contribution in [3.05, 3.63) is 53.1 Å². The number of hydrogen-bond acceptors (Lipinski definition) is 5. The number of nitrogens with one attached hydrogen (secondary N) is 1. The quantitative estimate of drug-likeness (QED) is 0.717. The van der Waals surface area contributed by atoms with Crippen LogP contribution in [0.25, 0.3) is 10.4 Å². The second kappa shape index (κ2) is 5.79. The van der Waals surface area contributed by atoms with Gasteiger partial charge in [0.15, 0.2) is 5.13 Å². The van der Waals surface area contributed by atoms with Gasteiger partial charge in [-0.05, 0) is 25.0 Å². The second-order valence-electron chi connectivity index (χ2n) is 4.59. The molecule has 2 aromatic heterocycles. The third-order valence-corrected chi connectivity index (χ3v) is 4.10. The van der Waals surface area contributed by atoms with Crippen LogP contribution in [0.15, 0.2) is 36.5 Å². The third kappa shape index (κ3) is 3.20. The van der Waals surface area contributed by atoms with E-state index in [9.17, 15) is 0 Å². The Morgan fingerprint density at radius 1 is 1.14 bits per heavy atom. The molecule has 0 atom stereocenters. The van der Waals surface area contributed by atoms with E-state index in [1.54, 1.807) is 24.3 Å². The molecule has 0 aliphatic carbocycles. The van der Waals surface area contributed by atoms with Crippen molar-refractivity contribution < 1.29 is 0 Å². The van der Waals surface area contributed by atoms with Crippen LogP contribution >= 0.6 is 22.9 Å². The molecule has 0 amide bonds. The molecule has 2 heterocycles. The van der Waals surface area contributed by atoms with Gasteiger partial charge in [0.2, 0.25) is 0 Å². The smallest absolute Gasteiger partial charge is 0.188 e. The van der Waals surface area contributed by atoms with Gasteiger partial charge in [-0.15, -0.1) is 0 Å². The molecule has 0 aliphatic heterocycles. The molecule has 21 heavy (non-hydrogen) atoms. The Kier molecular flexibility index (Phi) is 3.86. The SMILES string of the molecule is Cc1nc(Cl)cc(Nc2ncc(-c3ccccc3C)s2)n1. The van der Waals surface area contributed by atoms with Crippen molar-refractivity contribution in [2.24, 2.45) is 0 Å². The molecule has 0 spiro atoms. The average molecular weight is 317 g/mol. The number of hydrogen-bond donors (Lipinski definition) is 1. The Hall–Kier alpha value is -1.98. The van der Waals surface area contributed by atoms with Crippen LogP contribution < -0.4 is 5.32 Å². The minimum atomic E-state index is 0.417. The minimum absolute atomic E-state index is 0.417. The maximum Gasteiger partial charge on any atom is 0.188 e. The molecular formula is C15H13ClN4S. The highest BCUT2D eigenvalue weighted by Crippen LogP contribution is 2.32. The van der Waals surface area contributed by atoms with Crippen molar-refractivity contribution in [2.45, 2.75) is 13.8 Å². The van der Waals surface area contributed by atoms with E-state index in [0.717, 1.165) is 10.0 Å². The minimum Gasteiger partial charge on any atom is -0.316 e. The first-order chi connectivity index (χ1) is 10.1. The van der Waals surface area contributed by atoms with E-state index in [-0.39, 0.29) is 0 Å². The van der Waals surface area contributed by atoms with Crippen LogP contribution in [0.3, 0.4) is 0 Å². The highest BCUT2D eigenvalue weighted by Gasteiger charge is 2.08. The van der Waals surface area contributed by atoms with Crippen LogP contribution in [0, 0.1) is 13.8 Å². The molecule has 106 valence electrons. The summed E-state index contributed by atoms with van der Waals surface area (Å²) in [6.45, 7) is 3.90. The summed E-state index contributed by atoms with van der Waals surface area (Å²) in [6.07, 6.45) is 1.87. The summed E-state index contributed by atoms with van der Waals surface area (Å²) in [5.74, 6) is 1.28. The zero-order valence-electron chi connectivity index (χ0n) is 11.6. The van der Waals surface area contributed by atoms with E-state index in [1.807, 2.05) is 18.3 Å². The number of rotatable bonds is 3. The zero-order valence-corrected chi connectivity index (χ0v) is 13.2. The summed E-state index contributed by atoms with van der Waals surface area (Å²) in [7, 11) is 0. The van der Waals surface area contributed by atoms with Crippen molar-refractivity contribution in [2.75, 3.05) is 5.32 Å². The average Bonchev–Trinajstić information content (AvgIpc) is 2.86. The van der Waals surface area contributed by atoms with Gasteiger partial charge in [-0.2, -0.15) is 0 Å². The van der Waals surface area contributed by atoms with Crippen molar-refractivity contribution >= 4 is 33.9 Å². The van der Waals surface area contributed by atoms with Gasteiger partial charge in [0.05, 0.1) is 4.88 Å². The van der Waals surface area contributed by atoms with Gasteiger partial charge in [-0.1, -0.05) is 47.2 Å². The van der Waals surface area contributed by atoms with Crippen LogP contribution in [0.2, 0.25) is 5.15 Å². The van der Waals surface area contributed by atoms with Gasteiger partial charge in [-0.25, -0.2) is 15.0 Å². The predicted octanol–water partition coefficient (Wildman–Crippen LogP) is 4.61. The van der Waals surface area contributed by atoms with Crippen molar-refractivity contribution in [1.29, 1.82) is 0 Å². The Labute approximate surface area is 131 Å². The van der Waals surface area contributed by atoms with E-state index >= 15 is 0 Å². The summed E-state index contributed by atoms with van der Waals surface area (Å²) in [5.41, 5.74) is 2.42. The van der Waals surface area contributed by atoms with Crippen molar-refractivity contribution in [3.8, 4) is 10.4 Å². The molecule has 6 heteroatoms. The van der Waals surface area contributed by atoms with Gasteiger partial charge >= 0.3 is 0 Å². The number of anilines is 2. The van der Waals surface area contributed by atoms with E-state index in [1.165, 1.54) is 11.1 Å². The number of halogens is 1. The fraction of sp³-hybridized carbons (Fsp3) is 0.133. The van der Waals surface area contributed by atoms with E-state index in [4.69, 9.17) is 11.6 Å².